The minimum Gasteiger partial charge on any atom is -0.354 e. The standard InChI is InChI=1S/C23H24BrCl2N3O2S/c24-17-3-1-2-16(12-17)22(31)29-10-7-23(8-11-29)28-20(14-32-23)21(30)27-9-6-15-4-5-18(25)13-19(15)26/h1-5,12-13,20,28H,6-11,14H2,(H,27,30). The van der Waals surface area contributed by atoms with E-state index in [0.717, 1.165) is 28.6 Å². The number of hydrogen-bond acceptors (Lipinski definition) is 4. The molecule has 1 spiro atoms. The molecule has 9 heteroatoms. The summed E-state index contributed by atoms with van der Waals surface area (Å²) in [5.41, 5.74) is 1.66. The van der Waals surface area contributed by atoms with Crippen LogP contribution in [0.2, 0.25) is 10.0 Å². The second kappa shape index (κ2) is 10.3. The normalized spacial score (nSPS) is 19.8. The predicted molar refractivity (Wildman–Crippen MR) is 135 cm³/mol. The predicted octanol–water partition coefficient (Wildman–Crippen LogP) is 4.75. The molecule has 170 valence electrons. The van der Waals surface area contributed by atoms with Gasteiger partial charge in [-0.25, -0.2) is 0 Å². The van der Waals surface area contributed by atoms with Crippen molar-refractivity contribution in [3.05, 3.63) is 68.1 Å². The number of carbonyl (C=O) groups is 2. The molecule has 2 aromatic carbocycles. The van der Waals surface area contributed by atoms with Crippen LogP contribution in [0.25, 0.3) is 0 Å². The molecule has 1 unspecified atom stereocenters. The summed E-state index contributed by atoms with van der Waals surface area (Å²) in [5.74, 6) is 0.791. The van der Waals surface area contributed by atoms with Gasteiger partial charge in [0.1, 0.15) is 0 Å². The van der Waals surface area contributed by atoms with Crippen LogP contribution in [0, 0.1) is 0 Å². The molecule has 2 amide bonds. The Bertz CT molecular complexity index is 1010. The molecular weight excluding hydrogens is 533 g/mol. The first-order valence-electron chi connectivity index (χ1n) is 10.5. The Hall–Kier alpha value is -1.25. The summed E-state index contributed by atoms with van der Waals surface area (Å²) in [6.45, 7) is 1.87. The lowest BCUT2D eigenvalue weighted by Gasteiger charge is -2.39. The highest BCUT2D eigenvalue weighted by atomic mass is 79.9. The lowest BCUT2D eigenvalue weighted by Crippen LogP contribution is -2.54. The van der Waals surface area contributed by atoms with Gasteiger partial charge in [-0.05, 0) is 55.2 Å². The molecule has 2 aliphatic heterocycles. The first kappa shape index (κ1) is 23.9. The average Bonchev–Trinajstić information content (AvgIpc) is 3.19. The number of benzene rings is 2. The van der Waals surface area contributed by atoms with E-state index in [1.54, 1.807) is 23.9 Å². The first-order valence-corrected chi connectivity index (χ1v) is 13.1. The van der Waals surface area contributed by atoms with Crippen LogP contribution >= 0.6 is 50.9 Å². The first-order chi connectivity index (χ1) is 15.3. The Labute approximate surface area is 210 Å². The van der Waals surface area contributed by atoms with Crippen LogP contribution in [0.3, 0.4) is 0 Å². The molecule has 2 saturated heterocycles. The molecule has 5 nitrogen and oxygen atoms in total. The van der Waals surface area contributed by atoms with Crippen molar-refractivity contribution in [2.75, 3.05) is 25.4 Å². The van der Waals surface area contributed by atoms with Crippen LogP contribution < -0.4 is 10.6 Å². The fourth-order valence-corrected chi connectivity index (χ4v) is 6.44. The number of nitrogens with one attached hydrogen (secondary N) is 2. The van der Waals surface area contributed by atoms with Crippen LogP contribution in [0.4, 0.5) is 0 Å². The Balaban J connectivity index is 1.25. The van der Waals surface area contributed by atoms with Crippen LogP contribution in [0.5, 0.6) is 0 Å². The summed E-state index contributed by atoms with van der Waals surface area (Å²) in [5, 5.41) is 7.78. The third-order valence-electron chi connectivity index (χ3n) is 5.92. The number of halogens is 3. The summed E-state index contributed by atoms with van der Waals surface area (Å²) in [6.07, 6.45) is 2.29. The quantitative estimate of drug-likeness (QED) is 0.558. The molecule has 0 aliphatic carbocycles. The number of carbonyl (C=O) groups excluding carboxylic acids is 2. The van der Waals surface area contributed by atoms with Gasteiger partial charge in [-0.1, -0.05) is 51.3 Å². The molecule has 32 heavy (non-hydrogen) atoms. The molecule has 0 saturated carbocycles. The molecule has 1 atom stereocenters. The molecule has 2 fully saturated rings. The summed E-state index contributed by atoms with van der Waals surface area (Å²) in [4.78, 5) is 27.2. The van der Waals surface area contributed by atoms with Crippen LogP contribution in [-0.2, 0) is 11.2 Å². The molecule has 0 radical (unpaired) electrons. The lowest BCUT2D eigenvalue weighted by molar-refractivity contribution is -0.122. The molecule has 2 aliphatic rings. The molecular formula is C23H24BrCl2N3O2S. The average molecular weight is 557 g/mol. The van der Waals surface area contributed by atoms with Crippen molar-refractivity contribution in [3.8, 4) is 0 Å². The van der Waals surface area contributed by atoms with Gasteiger partial charge in [-0.2, -0.15) is 0 Å². The van der Waals surface area contributed by atoms with E-state index in [9.17, 15) is 9.59 Å². The smallest absolute Gasteiger partial charge is 0.253 e. The minimum absolute atomic E-state index is 0.00658. The summed E-state index contributed by atoms with van der Waals surface area (Å²) < 4.78 is 0.900. The summed E-state index contributed by atoms with van der Waals surface area (Å²) >= 11 is 17.4. The Morgan fingerprint density at radius 1 is 1.19 bits per heavy atom. The number of likely N-dealkylation sites (tertiary alicyclic amines) is 1. The van der Waals surface area contributed by atoms with Crippen molar-refractivity contribution in [3.63, 3.8) is 0 Å². The molecule has 2 aromatic rings. The number of hydrogen-bond donors (Lipinski definition) is 2. The SMILES string of the molecule is O=C(NCCc1ccc(Cl)cc1Cl)C1CSC2(CCN(C(=O)c3cccc(Br)c3)CC2)N1. The Kier molecular flexibility index (Phi) is 7.73. The van der Waals surface area contributed by atoms with E-state index in [1.807, 2.05) is 35.2 Å². The van der Waals surface area contributed by atoms with E-state index in [0.29, 0.717) is 41.7 Å². The number of amides is 2. The van der Waals surface area contributed by atoms with Gasteiger partial charge < -0.3 is 10.2 Å². The largest absolute Gasteiger partial charge is 0.354 e. The number of rotatable bonds is 5. The maximum absolute atomic E-state index is 12.8. The fourth-order valence-electron chi connectivity index (χ4n) is 4.12. The van der Waals surface area contributed by atoms with E-state index in [2.05, 4.69) is 26.6 Å². The highest BCUT2D eigenvalue weighted by Crippen LogP contribution is 2.39. The van der Waals surface area contributed by atoms with Crippen molar-refractivity contribution < 1.29 is 9.59 Å². The third-order valence-corrected chi connectivity index (χ3v) is 8.58. The third kappa shape index (κ3) is 5.62. The van der Waals surface area contributed by atoms with Crippen molar-refractivity contribution in [2.24, 2.45) is 0 Å². The van der Waals surface area contributed by atoms with Gasteiger partial charge >= 0.3 is 0 Å². The number of thioether (sulfide) groups is 1. The number of nitrogens with zero attached hydrogens (tertiary/aromatic N) is 1. The maximum atomic E-state index is 12.8. The van der Waals surface area contributed by atoms with Crippen LogP contribution in [0.1, 0.15) is 28.8 Å². The van der Waals surface area contributed by atoms with E-state index in [-0.39, 0.29) is 22.7 Å². The molecule has 0 aromatic heterocycles. The van der Waals surface area contributed by atoms with E-state index in [4.69, 9.17) is 23.2 Å². The lowest BCUT2D eigenvalue weighted by atomic mass is 10.0. The molecule has 0 bridgehead atoms. The van der Waals surface area contributed by atoms with Crippen molar-refractivity contribution >= 4 is 62.7 Å². The molecule has 4 rings (SSSR count). The zero-order valence-corrected chi connectivity index (χ0v) is 21.3. The van der Waals surface area contributed by atoms with E-state index >= 15 is 0 Å². The maximum Gasteiger partial charge on any atom is 0.253 e. The second-order valence-corrected chi connectivity index (χ2v) is 11.2. The monoisotopic (exact) mass is 555 g/mol. The van der Waals surface area contributed by atoms with Gasteiger partial charge in [0, 0.05) is 45.5 Å². The Morgan fingerprint density at radius 3 is 2.69 bits per heavy atom. The van der Waals surface area contributed by atoms with Crippen LogP contribution in [0.15, 0.2) is 46.9 Å². The molecule has 2 heterocycles. The zero-order chi connectivity index (χ0) is 22.7. The fraction of sp³-hybridized carbons (Fsp3) is 0.391. The van der Waals surface area contributed by atoms with E-state index < -0.39 is 0 Å². The second-order valence-electron chi connectivity index (χ2n) is 8.08. The summed E-state index contributed by atoms with van der Waals surface area (Å²) in [6, 6.07) is 12.7. The topological polar surface area (TPSA) is 61.4 Å². The highest BCUT2D eigenvalue weighted by Gasteiger charge is 2.44. The van der Waals surface area contributed by atoms with Crippen molar-refractivity contribution in [1.29, 1.82) is 0 Å². The van der Waals surface area contributed by atoms with Gasteiger partial charge in [0.15, 0.2) is 0 Å². The van der Waals surface area contributed by atoms with Gasteiger partial charge in [-0.3, -0.25) is 14.9 Å². The van der Waals surface area contributed by atoms with Gasteiger partial charge in [0.25, 0.3) is 5.91 Å². The Morgan fingerprint density at radius 2 is 1.97 bits per heavy atom. The van der Waals surface area contributed by atoms with Crippen molar-refractivity contribution in [2.45, 2.75) is 30.2 Å². The zero-order valence-electron chi connectivity index (χ0n) is 17.4. The van der Waals surface area contributed by atoms with E-state index in [1.165, 1.54) is 0 Å². The molecule has 2 N–H and O–H groups in total. The van der Waals surface area contributed by atoms with Crippen molar-refractivity contribution in [1.82, 2.24) is 15.5 Å². The summed E-state index contributed by atoms with van der Waals surface area (Å²) in [7, 11) is 0. The van der Waals surface area contributed by atoms with Gasteiger partial charge in [-0.15, -0.1) is 11.8 Å². The van der Waals surface area contributed by atoms with Gasteiger partial charge in [0.05, 0.1) is 10.9 Å². The van der Waals surface area contributed by atoms with Gasteiger partial charge in [0.2, 0.25) is 5.91 Å². The highest BCUT2D eigenvalue weighted by molar-refractivity contribution is 9.10. The number of piperidine rings is 1. The van der Waals surface area contributed by atoms with Crippen LogP contribution in [-0.4, -0.2) is 53.0 Å². The minimum atomic E-state index is -0.229.